The normalized spacial score (nSPS) is 10.0. The lowest BCUT2D eigenvalue weighted by Crippen LogP contribution is -2.02. The summed E-state index contributed by atoms with van der Waals surface area (Å²) in [5.41, 5.74) is 3.14. The van der Waals surface area contributed by atoms with Gasteiger partial charge in [0.05, 0.1) is 11.6 Å². The molecule has 0 radical (unpaired) electrons. The minimum Gasteiger partial charge on any atom is -0.340 e. The van der Waals surface area contributed by atoms with Gasteiger partial charge in [0.1, 0.15) is 5.82 Å². The summed E-state index contributed by atoms with van der Waals surface area (Å²) in [6.07, 6.45) is 0. The van der Waals surface area contributed by atoms with Crippen LogP contribution in [0.3, 0.4) is 0 Å². The lowest BCUT2D eigenvalue weighted by molar-refractivity contribution is 1.11. The largest absolute Gasteiger partial charge is 0.340 e. The second-order valence-corrected chi connectivity index (χ2v) is 6.08. The fourth-order valence-corrected chi connectivity index (χ4v) is 2.43. The standard InChI is InChI=1S/C18H14BrN5/c1-12-9-17(22-16-4-2-3-13(10-16)11-20)24-18(21-12)23-15-7-5-14(19)6-8-15/h2-10H,1H3,(H2,21,22,23,24). The van der Waals surface area contributed by atoms with E-state index in [1.54, 1.807) is 12.1 Å². The second kappa shape index (κ2) is 7.11. The van der Waals surface area contributed by atoms with Crippen LogP contribution in [0.25, 0.3) is 0 Å². The summed E-state index contributed by atoms with van der Waals surface area (Å²) in [5, 5.41) is 15.4. The molecule has 0 saturated heterocycles. The molecule has 0 spiro atoms. The third kappa shape index (κ3) is 4.09. The van der Waals surface area contributed by atoms with E-state index in [0.29, 0.717) is 17.3 Å². The second-order valence-electron chi connectivity index (χ2n) is 5.17. The zero-order valence-electron chi connectivity index (χ0n) is 12.9. The van der Waals surface area contributed by atoms with Gasteiger partial charge in [-0.1, -0.05) is 22.0 Å². The number of hydrogen-bond donors (Lipinski definition) is 2. The molecular formula is C18H14BrN5. The summed E-state index contributed by atoms with van der Waals surface area (Å²) < 4.78 is 1.01. The van der Waals surface area contributed by atoms with Crippen LogP contribution < -0.4 is 10.6 Å². The van der Waals surface area contributed by atoms with Crippen molar-refractivity contribution >= 4 is 39.1 Å². The number of nitriles is 1. The van der Waals surface area contributed by atoms with Gasteiger partial charge >= 0.3 is 0 Å². The van der Waals surface area contributed by atoms with Crippen molar-refractivity contribution in [3.05, 3.63) is 70.3 Å². The molecule has 1 aromatic heterocycles. The van der Waals surface area contributed by atoms with Crippen molar-refractivity contribution in [2.75, 3.05) is 10.6 Å². The molecule has 2 aromatic carbocycles. The smallest absolute Gasteiger partial charge is 0.229 e. The molecule has 2 N–H and O–H groups in total. The molecule has 6 heteroatoms. The Bertz CT molecular complexity index is 900. The first kappa shape index (κ1) is 16.0. The van der Waals surface area contributed by atoms with Crippen molar-refractivity contribution in [2.24, 2.45) is 0 Å². The van der Waals surface area contributed by atoms with Crippen LogP contribution in [0.1, 0.15) is 11.3 Å². The van der Waals surface area contributed by atoms with E-state index in [9.17, 15) is 0 Å². The summed E-state index contributed by atoms with van der Waals surface area (Å²) in [6, 6.07) is 19.0. The molecule has 1 heterocycles. The van der Waals surface area contributed by atoms with Crippen LogP contribution in [0, 0.1) is 18.3 Å². The topological polar surface area (TPSA) is 73.6 Å². The van der Waals surface area contributed by atoms with Crippen LogP contribution >= 0.6 is 15.9 Å². The molecule has 5 nitrogen and oxygen atoms in total. The number of anilines is 4. The number of halogens is 1. The van der Waals surface area contributed by atoms with Gasteiger partial charge in [0, 0.05) is 27.6 Å². The Morgan fingerprint density at radius 3 is 2.50 bits per heavy atom. The monoisotopic (exact) mass is 379 g/mol. The first-order chi connectivity index (χ1) is 11.6. The van der Waals surface area contributed by atoms with Crippen molar-refractivity contribution in [3.8, 4) is 6.07 Å². The van der Waals surface area contributed by atoms with Gasteiger partial charge in [0.15, 0.2) is 0 Å². The Morgan fingerprint density at radius 2 is 1.75 bits per heavy atom. The Labute approximate surface area is 148 Å². The van der Waals surface area contributed by atoms with Gasteiger partial charge in [-0.3, -0.25) is 0 Å². The number of benzene rings is 2. The fourth-order valence-electron chi connectivity index (χ4n) is 2.17. The van der Waals surface area contributed by atoms with Crippen LogP contribution in [0.15, 0.2) is 59.1 Å². The maximum absolute atomic E-state index is 8.98. The van der Waals surface area contributed by atoms with E-state index in [0.717, 1.165) is 21.5 Å². The maximum atomic E-state index is 8.98. The van der Waals surface area contributed by atoms with E-state index in [4.69, 9.17) is 5.26 Å². The van der Waals surface area contributed by atoms with E-state index >= 15 is 0 Å². The molecule has 0 aliphatic rings. The van der Waals surface area contributed by atoms with E-state index in [2.05, 4.69) is 42.6 Å². The Balaban J connectivity index is 1.83. The summed E-state index contributed by atoms with van der Waals surface area (Å²) in [4.78, 5) is 8.87. The van der Waals surface area contributed by atoms with Crippen molar-refractivity contribution in [1.29, 1.82) is 5.26 Å². The summed E-state index contributed by atoms with van der Waals surface area (Å²) in [5.74, 6) is 1.17. The van der Waals surface area contributed by atoms with Crippen molar-refractivity contribution in [3.63, 3.8) is 0 Å². The molecular weight excluding hydrogens is 366 g/mol. The van der Waals surface area contributed by atoms with E-state index in [1.165, 1.54) is 0 Å². The predicted octanol–water partition coefficient (Wildman–Crippen LogP) is 4.91. The van der Waals surface area contributed by atoms with Crippen LogP contribution in [0.4, 0.5) is 23.1 Å². The SMILES string of the molecule is Cc1cc(Nc2cccc(C#N)c2)nc(Nc2ccc(Br)cc2)n1. The maximum Gasteiger partial charge on any atom is 0.229 e. The molecule has 0 unspecified atom stereocenters. The summed E-state index contributed by atoms with van der Waals surface area (Å²) in [6.45, 7) is 1.91. The molecule has 118 valence electrons. The number of nitrogens with zero attached hydrogens (tertiary/aromatic N) is 3. The number of aryl methyl sites for hydroxylation is 1. The highest BCUT2D eigenvalue weighted by Crippen LogP contribution is 2.21. The van der Waals surface area contributed by atoms with Crippen molar-refractivity contribution < 1.29 is 0 Å². The average molecular weight is 380 g/mol. The van der Waals surface area contributed by atoms with Gasteiger partial charge in [-0.25, -0.2) is 4.98 Å². The van der Waals surface area contributed by atoms with Crippen LogP contribution in [0.2, 0.25) is 0 Å². The number of nitrogens with one attached hydrogen (secondary N) is 2. The highest BCUT2D eigenvalue weighted by molar-refractivity contribution is 9.10. The van der Waals surface area contributed by atoms with E-state index in [-0.39, 0.29) is 0 Å². The molecule has 0 aliphatic heterocycles. The lowest BCUT2D eigenvalue weighted by Gasteiger charge is -2.10. The third-order valence-corrected chi connectivity index (χ3v) is 3.75. The number of aromatic nitrogens is 2. The molecule has 0 bridgehead atoms. The van der Waals surface area contributed by atoms with Gasteiger partial charge in [-0.2, -0.15) is 10.2 Å². The lowest BCUT2D eigenvalue weighted by atomic mass is 10.2. The first-order valence-corrected chi connectivity index (χ1v) is 8.07. The molecule has 0 saturated carbocycles. The van der Waals surface area contributed by atoms with E-state index < -0.39 is 0 Å². The van der Waals surface area contributed by atoms with Crippen molar-refractivity contribution in [2.45, 2.75) is 6.92 Å². The molecule has 24 heavy (non-hydrogen) atoms. The van der Waals surface area contributed by atoms with Gasteiger partial charge in [-0.05, 0) is 49.4 Å². The fraction of sp³-hybridized carbons (Fsp3) is 0.0556. The molecule has 0 aliphatic carbocycles. The Morgan fingerprint density at radius 1 is 0.958 bits per heavy atom. The minimum absolute atomic E-state index is 0.510. The highest BCUT2D eigenvalue weighted by Gasteiger charge is 2.04. The van der Waals surface area contributed by atoms with Crippen LogP contribution in [-0.4, -0.2) is 9.97 Å². The van der Waals surface area contributed by atoms with Crippen molar-refractivity contribution in [1.82, 2.24) is 9.97 Å². The molecule has 3 aromatic rings. The third-order valence-electron chi connectivity index (χ3n) is 3.22. The van der Waals surface area contributed by atoms with Crippen LogP contribution in [-0.2, 0) is 0 Å². The van der Waals surface area contributed by atoms with Gasteiger partial charge in [0.25, 0.3) is 0 Å². The van der Waals surface area contributed by atoms with E-state index in [1.807, 2.05) is 49.4 Å². The highest BCUT2D eigenvalue weighted by atomic mass is 79.9. The predicted molar refractivity (Wildman–Crippen MR) is 98.6 cm³/mol. The molecule has 3 rings (SSSR count). The summed E-state index contributed by atoms with van der Waals surface area (Å²) >= 11 is 3.41. The van der Waals surface area contributed by atoms with Gasteiger partial charge < -0.3 is 10.6 Å². The number of rotatable bonds is 4. The first-order valence-electron chi connectivity index (χ1n) is 7.28. The quantitative estimate of drug-likeness (QED) is 0.673. The number of hydrogen-bond acceptors (Lipinski definition) is 5. The average Bonchev–Trinajstić information content (AvgIpc) is 2.56. The minimum atomic E-state index is 0.510. The van der Waals surface area contributed by atoms with Gasteiger partial charge in [0.2, 0.25) is 5.95 Å². The van der Waals surface area contributed by atoms with Crippen LogP contribution in [0.5, 0.6) is 0 Å². The molecule has 0 atom stereocenters. The summed E-state index contributed by atoms with van der Waals surface area (Å²) in [7, 11) is 0. The zero-order chi connectivity index (χ0) is 16.9. The Kier molecular flexibility index (Phi) is 4.73. The Hall–Kier alpha value is -2.91. The molecule has 0 fully saturated rings. The van der Waals surface area contributed by atoms with Gasteiger partial charge in [-0.15, -0.1) is 0 Å². The zero-order valence-corrected chi connectivity index (χ0v) is 14.5. The molecule has 0 amide bonds.